The van der Waals surface area contributed by atoms with E-state index in [2.05, 4.69) is 15.6 Å². The molecule has 3 aromatic carbocycles. The summed E-state index contributed by atoms with van der Waals surface area (Å²) in [6.45, 7) is 0. The van der Waals surface area contributed by atoms with E-state index in [-0.39, 0.29) is 17.7 Å². The number of amides is 3. The van der Waals surface area contributed by atoms with Crippen LogP contribution in [0.15, 0.2) is 85.1 Å². The highest BCUT2D eigenvalue weighted by Crippen LogP contribution is 2.53. The standard InChI is InChI=1S/C28H22N4O3/c33-25-23-22(14-16-15-29-20-12-6-4-10-18(16)20)31-28(19-11-5-7-13-21(19)30-27(28)35)24(23)26(34)32(25)17-8-2-1-3-9-17/h1-13,15,22-24,29,31H,14H2,(H,30,35). The molecule has 3 aliphatic heterocycles. The lowest BCUT2D eigenvalue weighted by Gasteiger charge is -2.29. The maximum atomic E-state index is 14.0. The Balaban J connectivity index is 1.38. The molecule has 7 nitrogen and oxygen atoms in total. The number of para-hydroxylation sites is 3. The molecule has 4 aromatic rings. The molecule has 2 saturated heterocycles. The highest BCUT2D eigenvalue weighted by Gasteiger charge is 2.70. The van der Waals surface area contributed by atoms with Crippen molar-refractivity contribution in [2.24, 2.45) is 11.8 Å². The summed E-state index contributed by atoms with van der Waals surface area (Å²) in [6.07, 6.45) is 2.45. The first kappa shape index (κ1) is 20.2. The van der Waals surface area contributed by atoms with Crippen LogP contribution in [0.2, 0.25) is 0 Å². The third-order valence-electron chi connectivity index (χ3n) is 7.75. The fourth-order valence-electron chi connectivity index (χ4n) is 6.30. The van der Waals surface area contributed by atoms with Gasteiger partial charge in [-0.25, -0.2) is 4.90 Å². The summed E-state index contributed by atoms with van der Waals surface area (Å²) in [7, 11) is 0. The van der Waals surface area contributed by atoms with Crippen molar-refractivity contribution in [2.45, 2.75) is 18.0 Å². The number of rotatable bonds is 3. The van der Waals surface area contributed by atoms with Crippen molar-refractivity contribution in [3.63, 3.8) is 0 Å². The normalized spacial score (nSPS) is 27.0. The summed E-state index contributed by atoms with van der Waals surface area (Å²) < 4.78 is 0. The molecule has 7 heteroatoms. The Hall–Kier alpha value is -4.23. The van der Waals surface area contributed by atoms with E-state index >= 15 is 0 Å². The predicted molar refractivity (Wildman–Crippen MR) is 132 cm³/mol. The molecule has 3 amide bonds. The molecule has 0 saturated carbocycles. The number of aromatic amines is 1. The Labute approximate surface area is 201 Å². The van der Waals surface area contributed by atoms with Crippen molar-refractivity contribution in [3.8, 4) is 0 Å². The second kappa shape index (κ2) is 7.13. The summed E-state index contributed by atoms with van der Waals surface area (Å²) in [5.74, 6) is -2.40. The molecule has 1 aromatic heterocycles. The minimum atomic E-state index is -1.30. The molecule has 2 fully saturated rings. The second-order valence-corrected chi connectivity index (χ2v) is 9.47. The second-order valence-electron chi connectivity index (χ2n) is 9.47. The van der Waals surface area contributed by atoms with Gasteiger partial charge in [-0.1, -0.05) is 54.6 Å². The largest absolute Gasteiger partial charge is 0.361 e. The van der Waals surface area contributed by atoms with Crippen molar-refractivity contribution in [1.82, 2.24) is 10.3 Å². The number of aromatic nitrogens is 1. The molecule has 4 unspecified atom stereocenters. The molecule has 35 heavy (non-hydrogen) atoms. The quantitative estimate of drug-likeness (QED) is 0.407. The van der Waals surface area contributed by atoms with E-state index in [1.165, 1.54) is 4.90 Å². The minimum absolute atomic E-state index is 0.266. The number of hydrogen-bond donors (Lipinski definition) is 3. The van der Waals surface area contributed by atoms with Crippen LogP contribution in [0.25, 0.3) is 10.9 Å². The maximum absolute atomic E-state index is 14.0. The summed E-state index contributed by atoms with van der Waals surface area (Å²) in [6, 6.07) is 24.0. The van der Waals surface area contributed by atoms with Gasteiger partial charge in [-0.3, -0.25) is 19.7 Å². The Bertz CT molecular complexity index is 1530. The minimum Gasteiger partial charge on any atom is -0.361 e. The summed E-state index contributed by atoms with van der Waals surface area (Å²) in [5.41, 5.74) is 2.68. The number of fused-ring (bicyclic) bond motifs is 5. The average Bonchev–Trinajstić information content (AvgIpc) is 3.59. The van der Waals surface area contributed by atoms with Crippen LogP contribution in [-0.2, 0) is 26.3 Å². The van der Waals surface area contributed by atoms with Gasteiger partial charge in [0, 0.05) is 34.4 Å². The highest BCUT2D eigenvalue weighted by atomic mass is 16.2. The van der Waals surface area contributed by atoms with E-state index in [1.54, 1.807) is 24.3 Å². The zero-order valence-electron chi connectivity index (χ0n) is 18.7. The van der Waals surface area contributed by atoms with Gasteiger partial charge >= 0.3 is 0 Å². The van der Waals surface area contributed by atoms with Crippen LogP contribution in [-0.4, -0.2) is 28.7 Å². The molecule has 0 aliphatic carbocycles. The first-order valence-corrected chi connectivity index (χ1v) is 11.8. The van der Waals surface area contributed by atoms with E-state index in [0.29, 0.717) is 17.8 Å². The molecule has 0 radical (unpaired) electrons. The zero-order chi connectivity index (χ0) is 23.7. The van der Waals surface area contributed by atoms with Crippen LogP contribution in [0.1, 0.15) is 11.1 Å². The van der Waals surface area contributed by atoms with E-state index in [4.69, 9.17) is 0 Å². The summed E-state index contributed by atoms with van der Waals surface area (Å²) >= 11 is 0. The van der Waals surface area contributed by atoms with Gasteiger partial charge in [-0.05, 0) is 36.2 Å². The first-order chi connectivity index (χ1) is 17.1. The summed E-state index contributed by atoms with van der Waals surface area (Å²) in [5, 5.41) is 7.54. The third-order valence-corrected chi connectivity index (χ3v) is 7.75. The topological polar surface area (TPSA) is 94.3 Å². The molecule has 1 spiro atoms. The van der Waals surface area contributed by atoms with Gasteiger partial charge in [-0.2, -0.15) is 0 Å². The van der Waals surface area contributed by atoms with Gasteiger partial charge in [0.15, 0.2) is 0 Å². The Morgan fingerprint density at radius 3 is 2.43 bits per heavy atom. The van der Waals surface area contributed by atoms with Gasteiger partial charge in [-0.15, -0.1) is 0 Å². The number of anilines is 2. The number of H-pyrrole nitrogens is 1. The molecular weight excluding hydrogens is 440 g/mol. The molecule has 172 valence electrons. The first-order valence-electron chi connectivity index (χ1n) is 11.8. The number of benzene rings is 3. The van der Waals surface area contributed by atoms with Gasteiger partial charge in [0.1, 0.15) is 5.54 Å². The van der Waals surface area contributed by atoms with Gasteiger partial charge in [0.05, 0.1) is 17.5 Å². The smallest absolute Gasteiger partial charge is 0.250 e. The lowest BCUT2D eigenvalue weighted by atomic mass is 9.76. The average molecular weight is 463 g/mol. The third kappa shape index (κ3) is 2.61. The summed E-state index contributed by atoms with van der Waals surface area (Å²) in [4.78, 5) is 46.0. The number of hydrogen-bond acceptors (Lipinski definition) is 4. The van der Waals surface area contributed by atoms with Crippen LogP contribution < -0.4 is 15.5 Å². The van der Waals surface area contributed by atoms with Crippen molar-refractivity contribution in [3.05, 3.63) is 96.2 Å². The molecule has 7 rings (SSSR count). The predicted octanol–water partition coefficient (Wildman–Crippen LogP) is 3.34. The molecule has 3 aliphatic rings. The van der Waals surface area contributed by atoms with E-state index in [1.807, 2.05) is 60.8 Å². The lowest BCUT2D eigenvalue weighted by Crippen LogP contribution is -2.53. The van der Waals surface area contributed by atoms with E-state index < -0.39 is 23.4 Å². The number of imide groups is 1. The lowest BCUT2D eigenvalue weighted by molar-refractivity contribution is -0.130. The van der Waals surface area contributed by atoms with Gasteiger partial charge < -0.3 is 10.3 Å². The van der Waals surface area contributed by atoms with Crippen LogP contribution in [0, 0.1) is 11.8 Å². The zero-order valence-corrected chi connectivity index (χ0v) is 18.7. The SMILES string of the molecule is O=C1C2C(Cc3c[nH]c4ccccc34)NC3(C(=O)Nc4ccccc43)C2C(=O)N1c1ccccc1. The molecule has 4 atom stereocenters. The van der Waals surface area contributed by atoms with Crippen LogP contribution >= 0.6 is 0 Å². The molecule has 0 bridgehead atoms. The van der Waals surface area contributed by atoms with Crippen LogP contribution in [0.4, 0.5) is 11.4 Å². The monoisotopic (exact) mass is 462 g/mol. The fourth-order valence-corrected chi connectivity index (χ4v) is 6.30. The molecule has 4 heterocycles. The van der Waals surface area contributed by atoms with E-state index in [0.717, 1.165) is 22.0 Å². The van der Waals surface area contributed by atoms with Crippen LogP contribution in [0.5, 0.6) is 0 Å². The maximum Gasteiger partial charge on any atom is 0.250 e. The van der Waals surface area contributed by atoms with Crippen molar-refractivity contribution >= 4 is 40.0 Å². The Kier molecular flexibility index (Phi) is 4.11. The number of nitrogens with one attached hydrogen (secondary N) is 3. The highest BCUT2D eigenvalue weighted by molar-refractivity contribution is 6.25. The van der Waals surface area contributed by atoms with Gasteiger partial charge in [0.2, 0.25) is 17.7 Å². The van der Waals surface area contributed by atoms with Crippen molar-refractivity contribution in [1.29, 1.82) is 0 Å². The van der Waals surface area contributed by atoms with E-state index in [9.17, 15) is 14.4 Å². The number of carbonyl (C=O) groups excluding carboxylic acids is 3. The fraction of sp³-hybridized carbons (Fsp3) is 0.179. The molecular formula is C28H22N4O3. The van der Waals surface area contributed by atoms with Gasteiger partial charge in [0.25, 0.3) is 0 Å². The van der Waals surface area contributed by atoms with Crippen molar-refractivity contribution in [2.75, 3.05) is 10.2 Å². The Morgan fingerprint density at radius 2 is 1.57 bits per heavy atom. The molecule has 3 N–H and O–H groups in total. The number of nitrogens with zero attached hydrogens (tertiary/aromatic N) is 1. The van der Waals surface area contributed by atoms with Crippen molar-refractivity contribution < 1.29 is 14.4 Å². The number of carbonyl (C=O) groups is 3. The van der Waals surface area contributed by atoms with Crippen LogP contribution in [0.3, 0.4) is 0 Å². The Morgan fingerprint density at radius 1 is 0.829 bits per heavy atom.